The van der Waals surface area contributed by atoms with Gasteiger partial charge in [-0.3, -0.25) is 9.59 Å². The molecule has 24 heavy (non-hydrogen) atoms. The second-order valence-electron chi connectivity index (χ2n) is 5.53. The zero-order chi connectivity index (χ0) is 18.8. The molecule has 0 saturated heterocycles. The average Bonchev–Trinajstić information content (AvgIpc) is 2.55. The van der Waals surface area contributed by atoms with Crippen molar-refractivity contribution in [2.45, 2.75) is 39.8 Å². The molecular formula is C18H31NO5. The van der Waals surface area contributed by atoms with Crippen molar-refractivity contribution < 1.29 is 24.2 Å². The van der Waals surface area contributed by atoms with Crippen molar-refractivity contribution in [1.82, 2.24) is 5.32 Å². The molecular weight excluding hydrogens is 310 g/mol. The fourth-order valence-electron chi connectivity index (χ4n) is 1.49. The summed E-state index contributed by atoms with van der Waals surface area (Å²) in [5, 5.41) is 9.79. The number of methoxy groups -OCH3 is 1. The van der Waals surface area contributed by atoms with E-state index in [0.29, 0.717) is 19.6 Å². The van der Waals surface area contributed by atoms with Gasteiger partial charge in [0.15, 0.2) is 0 Å². The van der Waals surface area contributed by atoms with Crippen LogP contribution in [0, 0.1) is 5.92 Å². The van der Waals surface area contributed by atoms with E-state index in [1.54, 1.807) is 7.05 Å². The Morgan fingerprint density at radius 2 is 1.75 bits per heavy atom. The highest BCUT2D eigenvalue weighted by Crippen LogP contribution is 2.02. The van der Waals surface area contributed by atoms with E-state index < -0.39 is 0 Å². The molecule has 0 aliphatic carbocycles. The lowest BCUT2D eigenvalue weighted by Gasteiger charge is -2.13. The Labute approximate surface area is 145 Å². The highest BCUT2D eigenvalue weighted by atomic mass is 16.5. The monoisotopic (exact) mass is 341 g/mol. The highest BCUT2D eigenvalue weighted by Gasteiger charge is 2.15. The maximum Gasteiger partial charge on any atom is 0.322 e. The van der Waals surface area contributed by atoms with Crippen LogP contribution in [0.3, 0.4) is 0 Å². The van der Waals surface area contributed by atoms with E-state index in [1.165, 1.54) is 7.11 Å². The Morgan fingerprint density at radius 3 is 2.17 bits per heavy atom. The Morgan fingerprint density at radius 1 is 1.25 bits per heavy atom. The highest BCUT2D eigenvalue weighted by molar-refractivity contribution is 5.75. The first-order chi connectivity index (χ1) is 11.4. The maximum atomic E-state index is 11.3. The fraction of sp³-hybridized carbons (Fsp3) is 0.556. The molecule has 1 aromatic carbocycles. The van der Waals surface area contributed by atoms with Crippen LogP contribution in [0.2, 0.25) is 0 Å². The Kier molecular flexibility index (Phi) is 17.7. The Hall–Kier alpha value is -1.92. The molecule has 0 aliphatic heterocycles. The molecule has 0 amide bonds. The maximum absolute atomic E-state index is 11.3. The van der Waals surface area contributed by atoms with E-state index in [-0.39, 0.29) is 18.5 Å². The zero-order valence-corrected chi connectivity index (χ0v) is 15.3. The molecule has 0 radical (unpaired) electrons. The fourth-order valence-corrected chi connectivity index (χ4v) is 1.49. The van der Waals surface area contributed by atoms with Crippen molar-refractivity contribution in [3.05, 3.63) is 35.9 Å². The molecule has 138 valence electrons. The van der Waals surface area contributed by atoms with Crippen molar-refractivity contribution in [2.24, 2.45) is 5.92 Å². The molecule has 0 saturated carbocycles. The summed E-state index contributed by atoms with van der Waals surface area (Å²) in [7, 11) is 3.12. The molecule has 0 bridgehead atoms. The van der Waals surface area contributed by atoms with Crippen molar-refractivity contribution in [2.75, 3.05) is 20.8 Å². The van der Waals surface area contributed by atoms with Gasteiger partial charge in [0.1, 0.15) is 6.04 Å². The van der Waals surface area contributed by atoms with Gasteiger partial charge in [-0.2, -0.15) is 0 Å². The molecule has 6 nitrogen and oxygen atoms in total. The van der Waals surface area contributed by atoms with Crippen LogP contribution in [0.4, 0.5) is 0 Å². The lowest BCUT2D eigenvalue weighted by molar-refractivity contribution is -0.143. The average molecular weight is 341 g/mol. The second kappa shape index (κ2) is 17.4. The van der Waals surface area contributed by atoms with Crippen LogP contribution in [0.15, 0.2) is 30.3 Å². The summed E-state index contributed by atoms with van der Waals surface area (Å²) in [5.41, 5.74) is 1.13. The van der Waals surface area contributed by atoms with Gasteiger partial charge in [-0.25, -0.2) is 0 Å². The van der Waals surface area contributed by atoms with E-state index >= 15 is 0 Å². The van der Waals surface area contributed by atoms with Gasteiger partial charge in [0, 0.05) is 6.61 Å². The first-order valence-electron chi connectivity index (χ1n) is 7.87. The van der Waals surface area contributed by atoms with Gasteiger partial charge in [-0.1, -0.05) is 51.1 Å². The molecule has 1 rings (SSSR count). The molecule has 0 spiro atoms. The van der Waals surface area contributed by atoms with E-state index in [9.17, 15) is 4.79 Å². The summed E-state index contributed by atoms with van der Waals surface area (Å²) in [6, 6.07) is 9.65. The molecule has 0 aromatic heterocycles. The first-order valence-corrected chi connectivity index (χ1v) is 7.87. The number of rotatable bonds is 7. The minimum absolute atomic E-state index is 0.250. The minimum atomic E-state index is -0.296. The number of carboxylic acid groups (broad SMARTS) is 1. The summed E-state index contributed by atoms with van der Waals surface area (Å²) in [6.07, 6.45) is 0.607. The van der Waals surface area contributed by atoms with Crippen LogP contribution in [0.1, 0.15) is 32.8 Å². The SMILES string of the molecule is CC(C)C.CNC(CCOCc1ccccc1)C(=O)OC.O=CO. The van der Waals surface area contributed by atoms with Crippen molar-refractivity contribution in [1.29, 1.82) is 0 Å². The molecule has 0 aliphatic rings. The van der Waals surface area contributed by atoms with E-state index in [1.807, 2.05) is 30.3 Å². The van der Waals surface area contributed by atoms with Gasteiger partial charge < -0.3 is 19.9 Å². The number of ether oxygens (including phenoxy) is 2. The molecule has 6 heteroatoms. The number of likely N-dealkylation sites (N-methyl/N-ethyl adjacent to an activating group) is 1. The number of carbonyl (C=O) groups excluding carboxylic acids is 1. The topological polar surface area (TPSA) is 84.9 Å². The lowest BCUT2D eigenvalue weighted by atomic mass is 10.2. The van der Waals surface area contributed by atoms with Crippen LogP contribution >= 0.6 is 0 Å². The molecule has 2 N–H and O–H groups in total. The number of benzene rings is 1. The predicted octanol–water partition coefficient (Wildman–Crippen LogP) is 2.72. The number of hydrogen-bond acceptors (Lipinski definition) is 5. The summed E-state index contributed by atoms with van der Waals surface area (Å²) in [5.74, 6) is 0.579. The molecule has 1 unspecified atom stereocenters. The molecule has 1 atom stereocenters. The van der Waals surface area contributed by atoms with Crippen molar-refractivity contribution >= 4 is 12.4 Å². The van der Waals surface area contributed by atoms with E-state index in [4.69, 9.17) is 14.6 Å². The zero-order valence-electron chi connectivity index (χ0n) is 15.3. The Balaban J connectivity index is 0. The molecule has 0 heterocycles. The van der Waals surface area contributed by atoms with E-state index in [2.05, 4.69) is 30.8 Å². The summed E-state index contributed by atoms with van der Waals surface area (Å²) in [6.45, 7) is 7.34. The van der Waals surface area contributed by atoms with Gasteiger partial charge in [0.25, 0.3) is 6.47 Å². The first kappa shape index (κ1) is 24.3. The van der Waals surface area contributed by atoms with Crippen LogP contribution in [0.25, 0.3) is 0 Å². The van der Waals surface area contributed by atoms with E-state index in [0.717, 1.165) is 11.5 Å². The third kappa shape index (κ3) is 16.5. The van der Waals surface area contributed by atoms with Crippen LogP contribution in [-0.4, -0.2) is 44.4 Å². The standard InChI is InChI=1S/C13H19NO3.C4H10.CH2O2/c1-14-12(13(15)16-2)8-9-17-10-11-6-4-3-5-7-11;1-4(2)3;2-1-3/h3-7,12,14H,8-10H2,1-2H3;4H,1-3H3;1H,(H,2,3). The Bertz CT molecular complexity index is 406. The van der Waals surface area contributed by atoms with Crippen LogP contribution in [0.5, 0.6) is 0 Å². The summed E-state index contributed by atoms with van der Waals surface area (Å²) >= 11 is 0. The van der Waals surface area contributed by atoms with Gasteiger partial charge in [0.2, 0.25) is 0 Å². The largest absolute Gasteiger partial charge is 0.483 e. The minimum Gasteiger partial charge on any atom is -0.483 e. The third-order valence-electron chi connectivity index (χ3n) is 2.50. The number of hydrogen-bond donors (Lipinski definition) is 2. The van der Waals surface area contributed by atoms with Gasteiger partial charge >= 0.3 is 5.97 Å². The second-order valence-corrected chi connectivity index (χ2v) is 5.53. The summed E-state index contributed by atoms with van der Waals surface area (Å²) < 4.78 is 10.2. The van der Waals surface area contributed by atoms with Crippen LogP contribution < -0.4 is 5.32 Å². The van der Waals surface area contributed by atoms with Crippen LogP contribution in [-0.2, 0) is 25.7 Å². The van der Waals surface area contributed by atoms with Gasteiger partial charge in [0.05, 0.1) is 13.7 Å². The van der Waals surface area contributed by atoms with Crippen molar-refractivity contribution in [3.8, 4) is 0 Å². The van der Waals surface area contributed by atoms with Gasteiger partial charge in [-0.15, -0.1) is 0 Å². The number of nitrogens with one attached hydrogen (secondary N) is 1. The summed E-state index contributed by atoms with van der Waals surface area (Å²) in [4.78, 5) is 19.6. The molecule has 1 aromatic rings. The quantitative estimate of drug-likeness (QED) is 0.451. The van der Waals surface area contributed by atoms with Crippen molar-refractivity contribution in [3.63, 3.8) is 0 Å². The number of esters is 1. The normalized spacial score (nSPS) is 10.6. The van der Waals surface area contributed by atoms with Gasteiger partial charge in [-0.05, 0) is 24.9 Å². The lowest BCUT2D eigenvalue weighted by Crippen LogP contribution is -2.35. The smallest absolute Gasteiger partial charge is 0.322 e. The number of carbonyl (C=O) groups is 2. The predicted molar refractivity (Wildman–Crippen MR) is 94.8 cm³/mol. The molecule has 0 fully saturated rings. The third-order valence-corrected chi connectivity index (χ3v) is 2.50.